The molecule has 3 N–H and O–H groups in total. The van der Waals surface area contributed by atoms with Crippen LogP contribution in [0.2, 0.25) is 0 Å². The van der Waals surface area contributed by atoms with E-state index in [1.807, 2.05) is 12.1 Å². The maximum Gasteiger partial charge on any atom is 0.255 e. The first-order valence-corrected chi connectivity index (χ1v) is 9.61. The summed E-state index contributed by atoms with van der Waals surface area (Å²) in [5.74, 6) is 1.51. The monoisotopic (exact) mass is 383 g/mol. The predicted molar refractivity (Wildman–Crippen MR) is 114 cm³/mol. The number of hydrogen-bond donors (Lipinski definition) is 2. The minimum absolute atomic E-state index is 0.241. The zero-order chi connectivity index (χ0) is 20.3. The summed E-state index contributed by atoms with van der Waals surface area (Å²) in [6.07, 6.45) is 2.44. The van der Waals surface area contributed by atoms with E-state index in [2.05, 4.69) is 24.1 Å². The molecule has 0 aliphatic carbocycles. The average Bonchev–Trinajstić information content (AvgIpc) is 2.69. The van der Waals surface area contributed by atoms with Gasteiger partial charge in [-0.2, -0.15) is 0 Å². The van der Waals surface area contributed by atoms with Crippen LogP contribution in [0.1, 0.15) is 35.7 Å². The van der Waals surface area contributed by atoms with Gasteiger partial charge in [0.05, 0.1) is 25.6 Å². The van der Waals surface area contributed by atoms with Crippen LogP contribution in [0.3, 0.4) is 0 Å². The van der Waals surface area contributed by atoms with Crippen molar-refractivity contribution in [2.45, 2.75) is 26.7 Å². The molecule has 1 atom stereocenters. The van der Waals surface area contributed by atoms with Crippen molar-refractivity contribution in [1.82, 2.24) is 0 Å². The van der Waals surface area contributed by atoms with E-state index in [9.17, 15) is 4.79 Å². The van der Waals surface area contributed by atoms with Gasteiger partial charge in [-0.1, -0.05) is 6.92 Å². The van der Waals surface area contributed by atoms with Gasteiger partial charge in [0, 0.05) is 24.3 Å². The van der Waals surface area contributed by atoms with Crippen LogP contribution in [-0.2, 0) is 0 Å². The summed E-state index contributed by atoms with van der Waals surface area (Å²) in [5, 5.41) is 2.95. The number of carbonyl (C=O) groups is 1. The maximum absolute atomic E-state index is 12.8. The van der Waals surface area contributed by atoms with Gasteiger partial charge >= 0.3 is 0 Å². The Morgan fingerprint density at radius 3 is 2.61 bits per heavy atom. The van der Waals surface area contributed by atoms with E-state index < -0.39 is 0 Å². The number of rotatable bonds is 5. The third-order valence-electron chi connectivity index (χ3n) is 5.26. The fraction of sp³-hybridized carbons (Fsp3) is 0.409. The van der Waals surface area contributed by atoms with Crippen molar-refractivity contribution in [3.8, 4) is 11.5 Å². The fourth-order valence-corrected chi connectivity index (χ4v) is 3.75. The minimum Gasteiger partial charge on any atom is -0.493 e. The van der Waals surface area contributed by atoms with Crippen molar-refractivity contribution in [3.63, 3.8) is 0 Å². The number of carbonyl (C=O) groups excluding carboxylic acids is 1. The molecule has 2 aromatic carbocycles. The smallest absolute Gasteiger partial charge is 0.255 e. The molecule has 1 amide bonds. The molecule has 0 radical (unpaired) electrons. The fourth-order valence-electron chi connectivity index (χ4n) is 3.75. The Morgan fingerprint density at radius 1 is 1.18 bits per heavy atom. The number of amides is 1. The van der Waals surface area contributed by atoms with Crippen LogP contribution in [0.5, 0.6) is 11.5 Å². The van der Waals surface area contributed by atoms with Gasteiger partial charge in [-0.3, -0.25) is 4.79 Å². The van der Waals surface area contributed by atoms with E-state index >= 15 is 0 Å². The molecule has 1 aliphatic rings. The molecule has 150 valence electrons. The van der Waals surface area contributed by atoms with E-state index in [0.717, 1.165) is 24.3 Å². The van der Waals surface area contributed by atoms with Crippen LogP contribution < -0.4 is 25.4 Å². The number of hydrogen-bond acceptors (Lipinski definition) is 5. The number of anilines is 3. The van der Waals surface area contributed by atoms with E-state index in [4.69, 9.17) is 15.2 Å². The SMILES string of the molecule is COc1ccc(C(=O)Nc2cc(N3CCCC(C)C3)c(C)cc2N)cc1OC. The van der Waals surface area contributed by atoms with Crippen LogP contribution in [0.25, 0.3) is 0 Å². The van der Waals surface area contributed by atoms with Gasteiger partial charge in [-0.25, -0.2) is 0 Å². The lowest BCUT2D eigenvalue weighted by Crippen LogP contribution is -2.34. The van der Waals surface area contributed by atoms with Gasteiger partial charge in [0.1, 0.15) is 0 Å². The van der Waals surface area contributed by atoms with Crippen LogP contribution in [0.4, 0.5) is 17.1 Å². The Balaban J connectivity index is 1.85. The normalized spacial score (nSPS) is 16.6. The van der Waals surface area contributed by atoms with Gasteiger partial charge in [-0.15, -0.1) is 0 Å². The minimum atomic E-state index is -0.241. The number of piperidine rings is 1. The summed E-state index contributed by atoms with van der Waals surface area (Å²) in [6.45, 7) is 6.38. The van der Waals surface area contributed by atoms with Gasteiger partial charge in [0.15, 0.2) is 11.5 Å². The Kier molecular flexibility index (Phi) is 5.97. The van der Waals surface area contributed by atoms with Crippen LogP contribution in [-0.4, -0.2) is 33.2 Å². The number of aryl methyl sites for hydroxylation is 1. The lowest BCUT2D eigenvalue weighted by Gasteiger charge is -2.34. The average molecular weight is 383 g/mol. The van der Waals surface area contributed by atoms with Crippen LogP contribution in [0.15, 0.2) is 30.3 Å². The molecule has 6 nitrogen and oxygen atoms in total. The molecule has 6 heteroatoms. The van der Waals surface area contributed by atoms with E-state index in [1.165, 1.54) is 12.8 Å². The largest absolute Gasteiger partial charge is 0.493 e. The van der Waals surface area contributed by atoms with Crippen LogP contribution in [0, 0.1) is 12.8 Å². The molecule has 1 saturated heterocycles. The molecule has 2 aromatic rings. The summed E-state index contributed by atoms with van der Waals surface area (Å²) in [4.78, 5) is 15.2. The number of nitrogen functional groups attached to an aromatic ring is 1. The zero-order valence-electron chi connectivity index (χ0n) is 17.0. The summed E-state index contributed by atoms with van der Waals surface area (Å²) in [6, 6.07) is 8.99. The molecule has 28 heavy (non-hydrogen) atoms. The Morgan fingerprint density at radius 2 is 1.93 bits per heavy atom. The lowest BCUT2D eigenvalue weighted by atomic mass is 9.98. The second kappa shape index (κ2) is 8.42. The summed E-state index contributed by atoms with van der Waals surface area (Å²) in [7, 11) is 3.11. The van der Waals surface area contributed by atoms with E-state index in [-0.39, 0.29) is 5.91 Å². The molecular weight excluding hydrogens is 354 g/mol. The molecule has 1 heterocycles. The van der Waals surface area contributed by atoms with Crippen molar-refractivity contribution >= 4 is 23.0 Å². The summed E-state index contributed by atoms with van der Waals surface area (Å²) < 4.78 is 10.5. The quantitative estimate of drug-likeness (QED) is 0.761. The zero-order valence-corrected chi connectivity index (χ0v) is 17.0. The molecule has 3 rings (SSSR count). The molecule has 1 aliphatic heterocycles. The number of benzene rings is 2. The second-order valence-electron chi connectivity index (χ2n) is 7.44. The summed E-state index contributed by atoms with van der Waals surface area (Å²) >= 11 is 0. The predicted octanol–water partition coefficient (Wildman–Crippen LogP) is 4.08. The molecule has 0 bridgehead atoms. The lowest BCUT2D eigenvalue weighted by molar-refractivity contribution is 0.102. The first-order valence-electron chi connectivity index (χ1n) is 9.61. The van der Waals surface area contributed by atoms with Crippen molar-refractivity contribution in [1.29, 1.82) is 0 Å². The van der Waals surface area contributed by atoms with E-state index in [0.29, 0.717) is 34.4 Å². The Bertz CT molecular complexity index is 866. The Hall–Kier alpha value is -2.89. The van der Waals surface area contributed by atoms with Crippen molar-refractivity contribution in [2.24, 2.45) is 5.92 Å². The van der Waals surface area contributed by atoms with Crippen molar-refractivity contribution < 1.29 is 14.3 Å². The van der Waals surface area contributed by atoms with Gasteiger partial charge < -0.3 is 25.4 Å². The molecule has 0 spiro atoms. The number of nitrogens with one attached hydrogen (secondary N) is 1. The highest BCUT2D eigenvalue weighted by molar-refractivity contribution is 6.06. The standard InChI is InChI=1S/C22H29N3O3/c1-14-6-5-9-25(13-14)19-12-18(17(23)10-15(19)2)24-22(26)16-7-8-20(27-3)21(11-16)28-4/h7-8,10-12,14H,5-6,9,13,23H2,1-4H3,(H,24,26). The van der Waals surface area contributed by atoms with Gasteiger partial charge in [0.25, 0.3) is 5.91 Å². The topological polar surface area (TPSA) is 76.8 Å². The molecule has 1 fully saturated rings. The number of nitrogens with zero attached hydrogens (tertiary/aromatic N) is 1. The third kappa shape index (κ3) is 4.16. The van der Waals surface area contributed by atoms with Gasteiger partial charge in [-0.05, 0) is 61.6 Å². The first kappa shape index (κ1) is 19.9. The maximum atomic E-state index is 12.8. The molecule has 1 unspecified atom stereocenters. The Labute approximate surface area is 166 Å². The number of methoxy groups -OCH3 is 2. The molecular formula is C22H29N3O3. The molecule has 0 aromatic heterocycles. The summed E-state index contributed by atoms with van der Waals surface area (Å²) in [5.41, 5.74) is 10.1. The van der Waals surface area contributed by atoms with E-state index in [1.54, 1.807) is 32.4 Å². The second-order valence-corrected chi connectivity index (χ2v) is 7.44. The van der Waals surface area contributed by atoms with Crippen LogP contribution >= 0.6 is 0 Å². The highest BCUT2D eigenvalue weighted by Gasteiger charge is 2.20. The van der Waals surface area contributed by atoms with Gasteiger partial charge in [0.2, 0.25) is 0 Å². The first-order chi connectivity index (χ1) is 13.4. The van der Waals surface area contributed by atoms with Crippen molar-refractivity contribution in [3.05, 3.63) is 41.5 Å². The molecule has 0 saturated carbocycles. The highest BCUT2D eigenvalue weighted by atomic mass is 16.5. The number of ether oxygens (including phenoxy) is 2. The number of nitrogens with two attached hydrogens (primary N) is 1. The third-order valence-corrected chi connectivity index (χ3v) is 5.26. The highest BCUT2D eigenvalue weighted by Crippen LogP contribution is 2.33. The van der Waals surface area contributed by atoms with Crippen molar-refractivity contribution in [2.75, 3.05) is 43.3 Å².